The Hall–Kier alpha value is -2.30. The van der Waals surface area contributed by atoms with E-state index in [0.29, 0.717) is 5.95 Å². The highest BCUT2D eigenvalue weighted by Crippen LogP contribution is 2.32. The molecule has 5 heteroatoms. The van der Waals surface area contributed by atoms with Crippen molar-refractivity contribution in [3.05, 3.63) is 30.5 Å². The summed E-state index contributed by atoms with van der Waals surface area (Å²) in [6.45, 7) is 0. The molecule has 0 bridgehead atoms. The highest BCUT2D eigenvalue weighted by atomic mass is 15.3. The molecule has 2 heterocycles. The number of anilines is 2. The maximum absolute atomic E-state index is 5.75. The fraction of sp³-hybridized carbons (Fsp3) is 0.0909. The van der Waals surface area contributed by atoms with Crippen molar-refractivity contribution in [2.75, 3.05) is 17.7 Å². The first-order valence-corrected chi connectivity index (χ1v) is 4.98. The number of hydrogen-bond acceptors (Lipinski definition) is 4. The van der Waals surface area contributed by atoms with Crippen molar-refractivity contribution in [3.8, 4) is 11.4 Å². The molecule has 0 radical (unpaired) electrons. The van der Waals surface area contributed by atoms with Crippen molar-refractivity contribution >= 4 is 17.8 Å². The second-order valence-electron chi connectivity index (χ2n) is 3.68. The first-order chi connectivity index (χ1) is 7.77. The molecule has 0 fully saturated rings. The summed E-state index contributed by atoms with van der Waals surface area (Å²) < 4.78 is 1.78. The van der Waals surface area contributed by atoms with E-state index in [9.17, 15) is 0 Å². The summed E-state index contributed by atoms with van der Waals surface area (Å²) in [6, 6.07) is 8.03. The molecule has 1 aliphatic rings. The monoisotopic (exact) mass is 213 g/mol. The molecule has 1 aliphatic heterocycles. The Morgan fingerprint density at radius 3 is 2.81 bits per heavy atom. The van der Waals surface area contributed by atoms with Gasteiger partial charge in [0.25, 0.3) is 0 Å². The second-order valence-corrected chi connectivity index (χ2v) is 3.68. The molecule has 3 rings (SSSR count). The van der Waals surface area contributed by atoms with Crippen LogP contribution in [0.15, 0.2) is 30.5 Å². The van der Waals surface area contributed by atoms with Gasteiger partial charge in [-0.1, -0.05) is 12.1 Å². The van der Waals surface area contributed by atoms with Gasteiger partial charge in [-0.2, -0.15) is 0 Å². The Morgan fingerprint density at radius 1 is 1.12 bits per heavy atom. The van der Waals surface area contributed by atoms with Gasteiger partial charge in [0.15, 0.2) is 5.82 Å². The number of fused-ring (bicyclic) bond motifs is 3. The Bertz CT molecular complexity index is 570. The fourth-order valence-electron chi connectivity index (χ4n) is 1.85. The van der Waals surface area contributed by atoms with Crippen LogP contribution >= 0.6 is 0 Å². The normalized spacial score (nSPS) is 13.2. The highest BCUT2D eigenvalue weighted by Gasteiger charge is 2.17. The van der Waals surface area contributed by atoms with Crippen LogP contribution in [0.4, 0.5) is 11.6 Å². The molecule has 0 amide bonds. The smallest absolute Gasteiger partial charge is 0.226 e. The van der Waals surface area contributed by atoms with Crippen LogP contribution in [0.2, 0.25) is 0 Å². The van der Waals surface area contributed by atoms with Gasteiger partial charge in [-0.3, -0.25) is 4.57 Å². The van der Waals surface area contributed by atoms with Gasteiger partial charge in [0, 0.05) is 25.0 Å². The number of nitrogens with zero attached hydrogens (tertiary/aromatic N) is 4. The minimum Gasteiger partial charge on any atom is -0.368 e. The average Bonchev–Trinajstić information content (AvgIpc) is 2.60. The van der Waals surface area contributed by atoms with Gasteiger partial charge in [0.2, 0.25) is 5.95 Å². The van der Waals surface area contributed by atoms with Crippen molar-refractivity contribution in [3.63, 3.8) is 0 Å². The lowest BCUT2D eigenvalue weighted by Gasteiger charge is -2.14. The third-order valence-corrected chi connectivity index (χ3v) is 2.69. The zero-order chi connectivity index (χ0) is 11.1. The van der Waals surface area contributed by atoms with Crippen molar-refractivity contribution < 1.29 is 0 Å². The Morgan fingerprint density at radius 2 is 1.94 bits per heavy atom. The first-order valence-electron chi connectivity index (χ1n) is 4.98. The van der Waals surface area contributed by atoms with Crippen LogP contribution in [-0.4, -0.2) is 21.8 Å². The molecule has 0 unspecified atom stereocenters. The van der Waals surface area contributed by atoms with Gasteiger partial charge in [-0.25, -0.2) is 0 Å². The van der Waals surface area contributed by atoms with Gasteiger partial charge in [0.05, 0.1) is 5.69 Å². The van der Waals surface area contributed by atoms with E-state index in [-0.39, 0.29) is 0 Å². The molecular weight excluding hydrogens is 202 g/mol. The molecule has 2 aromatic rings. The van der Waals surface area contributed by atoms with Crippen molar-refractivity contribution in [1.82, 2.24) is 14.8 Å². The molecule has 1 aromatic carbocycles. The topological polar surface area (TPSA) is 60.0 Å². The number of nitrogen functional groups attached to an aromatic ring is 1. The van der Waals surface area contributed by atoms with E-state index >= 15 is 0 Å². The van der Waals surface area contributed by atoms with E-state index in [0.717, 1.165) is 17.1 Å². The molecule has 2 N–H and O–H groups in total. The zero-order valence-electron chi connectivity index (χ0n) is 8.83. The standard InChI is InChI=1S/C11H11N5/c1-15-6-7-16-10(13-14-11(16)12)8-4-2-3-5-9(8)15/h2-7H,1H3,(H2,12,14). The second kappa shape index (κ2) is 3.10. The lowest BCUT2D eigenvalue weighted by Crippen LogP contribution is -2.07. The van der Waals surface area contributed by atoms with Crippen molar-refractivity contribution in [2.45, 2.75) is 0 Å². The summed E-state index contributed by atoms with van der Waals surface area (Å²) in [5.41, 5.74) is 7.87. The minimum atomic E-state index is 0.399. The number of aromatic nitrogens is 3. The van der Waals surface area contributed by atoms with Gasteiger partial charge in [-0.05, 0) is 12.1 Å². The summed E-state index contributed by atoms with van der Waals surface area (Å²) in [5, 5.41) is 7.99. The predicted molar refractivity (Wildman–Crippen MR) is 63.6 cm³/mol. The third kappa shape index (κ3) is 1.11. The predicted octanol–water partition coefficient (Wildman–Crippen LogP) is 1.41. The lowest BCUT2D eigenvalue weighted by atomic mass is 10.1. The minimum absolute atomic E-state index is 0.399. The van der Waals surface area contributed by atoms with E-state index in [1.165, 1.54) is 0 Å². The summed E-state index contributed by atoms with van der Waals surface area (Å²) in [4.78, 5) is 2.03. The number of hydrogen-bond donors (Lipinski definition) is 1. The Balaban J connectivity index is 2.35. The van der Waals surface area contributed by atoms with E-state index in [4.69, 9.17) is 5.73 Å². The fourth-order valence-corrected chi connectivity index (χ4v) is 1.85. The SMILES string of the molecule is CN1C=Cn2c(N)nnc2-c2ccccc21. The molecule has 80 valence electrons. The van der Waals surface area contributed by atoms with Gasteiger partial charge in [-0.15, -0.1) is 10.2 Å². The van der Waals surface area contributed by atoms with E-state index in [2.05, 4.69) is 10.2 Å². The summed E-state index contributed by atoms with van der Waals surface area (Å²) in [5.74, 6) is 1.17. The number of rotatable bonds is 0. The lowest BCUT2D eigenvalue weighted by molar-refractivity contribution is 1.10. The van der Waals surface area contributed by atoms with Crippen molar-refractivity contribution in [2.24, 2.45) is 0 Å². The maximum atomic E-state index is 5.75. The van der Waals surface area contributed by atoms with Gasteiger partial charge in [0.1, 0.15) is 0 Å². The van der Waals surface area contributed by atoms with E-state index in [1.54, 1.807) is 4.57 Å². The average molecular weight is 213 g/mol. The molecule has 0 aliphatic carbocycles. The van der Waals surface area contributed by atoms with E-state index in [1.807, 2.05) is 48.6 Å². The number of para-hydroxylation sites is 1. The van der Waals surface area contributed by atoms with Crippen LogP contribution < -0.4 is 10.6 Å². The van der Waals surface area contributed by atoms with Crippen LogP contribution in [0.1, 0.15) is 0 Å². The molecule has 1 aromatic heterocycles. The molecule has 0 saturated carbocycles. The first kappa shape index (κ1) is 8.96. The van der Waals surface area contributed by atoms with Crippen LogP contribution in [0, 0.1) is 0 Å². The highest BCUT2D eigenvalue weighted by molar-refractivity contribution is 5.79. The largest absolute Gasteiger partial charge is 0.368 e. The zero-order valence-corrected chi connectivity index (χ0v) is 8.83. The quantitative estimate of drug-likeness (QED) is 0.718. The molecular formula is C11H11N5. The summed E-state index contributed by atoms with van der Waals surface area (Å²) in [6.07, 6.45) is 3.81. The van der Waals surface area contributed by atoms with Crippen LogP contribution in [0.25, 0.3) is 17.6 Å². The van der Waals surface area contributed by atoms with Crippen molar-refractivity contribution in [1.29, 1.82) is 0 Å². The van der Waals surface area contributed by atoms with E-state index < -0.39 is 0 Å². The molecule has 16 heavy (non-hydrogen) atoms. The number of nitrogens with two attached hydrogens (primary N) is 1. The Kier molecular flexibility index (Phi) is 1.73. The van der Waals surface area contributed by atoms with Crippen LogP contribution in [0.5, 0.6) is 0 Å². The maximum Gasteiger partial charge on any atom is 0.226 e. The molecule has 0 spiro atoms. The molecule has 0 saturated heterocycles. The van der Waals surface area contributed by atoms with Gasteiger partial charge < -0.3 is 10.6 Å². The molecule has 5 nitrogen and oxygen atoms in total. The van der Waals surface area contributed by atoms with Crippen LogP contribution in [-0.2, 0) is 0 Å². The van der Waals surface area contributed by atoms with Crippen LogP contribution in [0.3, 0.4) is 0 Å². The third-order valence-electron chi connectivity index (χ3n) is 2.69. The van der Waals surface area contributed by atoms with Gasteiger partial charge >= 0.3 is 0 Å². The number of benzene rings is 1. The summed E-state index contributed by atoms with van der Waals surface area (Å²) >= 11 is 0. The Labute approximate surface area is 92.8 Å². The molecule has 0 atom stereocenters. The summed E-state index contributed by atoms with van der Waals surface area (Å²) in [7, 11) is 1.99.